The summed E-state index contributed by atoms with van der Waals surface area (Å²) >= 11 is 0. The highest BCUT2D eigenvalue weighted by Gasteiger charge is 2.09. The Kier molecular flexibility index (Phi) is 10.3. The van der Waals surface area contributed by atoms with E-state index in [1.54, 1.807) is 0 Å². The average molecular weight is 282 g/mol. The molecule has 0 atom stereocenters. The minimum Gasteiger partial charge on any atom is -0.463 e. The molecule has 0 aromatic carbocycles. The second kappa shape index (κ2) is 12.0. The molecule has 1 aliphatic heterocycles. The molecule has 0 aromatic rings. The summed E-state index contributed by atoms with van der Waals surface area (Å²) in [5.74, 6) is -0.127. The van der Waals surface area contributed by atoms with Crippen LogP contribution in [0.1, 0.15) is 71.1 Å². The van der Waals surface area contributed by atoms with E-state index >= 15 is 0 Å². The lowest BCUT2D eigenvalue weighted by Gasteiger charge is -2.07. The molecule has 0 aromatic heterocycles. The number of esters is 1. The number of carbonyl (C=O) groups excluding carboxylic acids is 1. The van der Waals surface area contributed by atoms with Crippen molar-refractivity contribution in [1.82, 2.24) is 0 Å². The van der Waals surface area contributed by atoms with Crippen LogP contribution >= 0.6 is 0 Å². The lowest BCUT2D eigenvalue weighted by atomic mass is 10.0. The third-order valence-electron chi connectivity index (χ3n) is 3.66. The lowest BCUT2D eigenvalue weighted by molar-refractivity contribution is -0.138. The van der Waals surface area contributed by atoms with Gasteiger partial charge < -0.3 is 9.47 Å². The van der Waals surface area contributed by atoms with Crippen molar-refractivity contribution in [3.63, 3.8) is 0 Å². The Hall–Kier alpha value is -0.830. The Morgan fingerprint density at radius 1 is 1.05 bits per heavy atom. The molecule has 0 saturated heterocycles. The number of ether oxygens (including phenoxy) is 2. The first-order valence-corrected chi connectivity index (χ1v) is 8.28. The van der Waals surface area contributed by atoms with E-state index < -0.39 is 0 Å². The van der Waals surface area contributed by atoms with Gasteiger partial charge in [0.1, 0.15) is 0 Å². The van der Waals surface area contributed by atoms with Gasteiger partial charge in [-0.25, -0.2) is 4.79 Å². The predicted molar refractivity (Wildman–Crippen MR) is 81.7 cm³/mol. The monoisotopic (exact) mass is 282 g/mol. The van der Waals surface area contributed by atoms with Gasteiger partial charge in [-0.05, 0) is 45.4 Å². The van der Waals surface area contributed by atoms with E-state index in [1.165, 1.54) is 38.5 Å². The van der Waals surface area contributed by atoms with Gasteiger partial charge in [0, 0.05) is 18.8 Å². The van der Waals surface area contributed by atoms with Gasteiger partial charge >= 0.3 is 5.97 Å². The van der Waals surface area contributed by atoms with Crippen LogP contribution in [0.15, 0.2) is 11.6 Å². The third-order valence-corrected chi connectivity index (χ3v) is 3.66. The van der Waals surface area contributed by atoms with E-state index in [2.05, 4.69) is 6.08 Å². The Bertz CT molecular complexity index is 284. The maximum Gasteiger partial charge on any atom is 0.333 e. The van der Waals surface area contributed by atoms with Gasteiger partial charge in [0.25, 0.3) is 0 Å². The number of hydrogen-bond acceptors (Lipinski definition) is 3. The summed E-state index contributed by atoms with van der Waals surface area (Å²) < 4.78 is 10.7. The summed E-state index contributed by atoms with van der Waals surface area (Å²) in [6.07, 6.45) is 13.5. The zero-order valence-corrected chi connectivity index (χ0v) is 13.0. The summed E-state index contributed by atoms with van der Waals surface area (Å²) in [7, 11) is 0. The van der Waals surface area contributed by atoms with Crippen LogP contribution in [-0.4, -0.2) is 25.8 Å². The number of allylic oxidation sites excluding steroid dienone is 1. The van der Waals surface area contributed by atoms with Gasteiger partial charge in [-0.3, -0.25) is 0 Å². The summed E-state index contributed by atoms with van der Waals surface area (Å²) in [4.78, 5) is 11.9. The normalized spacial score (nSPS) is 22.9. The molecule has 0 unspecified atom stereocenters. The van der Waals surface area contributed by atoms with Crippen molar-refractivity contribution in [3.8, 4) is 0 Å². The van der Waals surface area contributed by atoms with Gasteiger partial charge in [0.05, 0.1) is 6.61 Å². The van der Waals surface area contributed by atoms with Gasteiger partial charge in [-0.1, -0.05) is 31.8 Å². The summed E-state index contributed by atoms with van der Waals surface area (Å²) in [5, 5.41) is 0. The van der Waals surface area contributed by atoms with E-state index in [0.717, 1.165) is 44.5 Å². The molecule has 1 aliphatic rings. The van der Waals surface area contributed by atoms with Crippen LogP contribution in [0.5, 0.6) is 0 Å². The Morgan fingerprint density at radius 3 is 2.45 bits per heavy atom. The molecule has 116 valence electrons. The topological polar surface area (TPSA) is 35.5 Å². The largest absolute Gasteiger partial charge is 0.463 e. The molecule has 0 amide bonds. The SMILES string of the molecule is CCOC(=O)/C1=C\CCCCCCCCOCCCC1. The van der Waals surface area contributed by atoms with Crippen molar-refractivity contribution in [2.24, 2.45) is 0 Å². The van der Waals surface area contributed by atoms with Crippen molar-refractivity contribution in [3.05, 3.63) is 11.6 Å². The van der Waals surface area contributed by atoms with Crippen molar-refractivity contribution in [1.29, 1.82) is 0 Å². The zero-order chi connectivity index (χ0) is 14.5. The van der Waals surface area contributed by atoms with Crippen LogP contribution in [0.2, 0.25) is 0 Å². The average Bonchev–Trinajstić information content (AvgIpc) is 2.45. The van der Waals surface area contributed by atoms with E-state index in [0.29, 0.717) is 6.61 Å². The number of rotatable bonds is 2. The molecular weight excluding hydrogens is 252 g/mol. The van der Waals surface area contributed by atoms with Gasteiger partial charge in [-0.2, -0.15) is 0 Å². The summed E-state index contributed by atoms with van der Waals surface area (Å²) in [6.45, 7) is 4.02. The highest BCUT2D eigenvalue weighted by molar-refractivity contribution is 5.88. The smallest absolute Gasteiger partial charge is 0.333 e. The molecule has 3 heteroatoms. The highest BCUT2D eigenvalue weighted by atomic mass is 16.5. The summed E-state index contributed by atoms with van der Waals surface area (Å²) in [6, 6.07) is 0. The Balaban J connectivity index is 2.43. The lowest BCUT2D eigenvalue weighted by Crippen LogP contribution is -2.08. The van der Waals surface area contributed by atoms with Crippen molar-refractivity contribution in [2.75, 3.05) is 19.8 Å². The quantitative estimate of drug-likeness (QED) is 0.704. The minimum absolute atomic E-state index is 0.127. The van der Waals surface area contributed by atoms with Crippen molar-refractivity contribution >= 4 is 5.97 Å². The molecule has 0 saturated carbocycles. The van der Waals surface area contributed by atoms with Crippen molar-refractivity contribution in [2.45, 2.75) is 71.1 Å². The fraction of sp³-hybridized carbons (Fsp3) is 0.824. The Labute approximate surface area is 123 Å². The fourth-order valence-electron chi connectivity index (χ4n) is 2.46. The second-order valence-electron chi connectivity index (χ2n) is 5.43. The second-order valence-corrected chi connectivity index (χ2v) is 5.43. The van der Waals surface area contributed by atoms with Gasteiger partial charge in [0.2, 0.25) is 0 Å². The maximum atomic E-state index is 11.9. The van der Waals surface area contributed by atoms with Crippen LogP contribution in [0.3, 0.4) is 0 Å². The minimum atomic E-state index is -0.127. The first-order valence-electron chi connectivity index (χ1n) is 8.28. The van der Waals surface area contributed by atoms with Crippen LogP contribution in [0.4, 0.5) is 0 Å². The molecule has 0 N–H and O–H groups in total. The molecule has 1 heterocycles. The van der Waals surface area contributed by atoms with E-state index in [9.17, 15) is 4.79 Å². The molecule has 1 rings (SSSR count). The molecule has 20 heavy (non-hydrogen) atoms. The molecule has 3 nitrogen and oxygen atoms in total. The van der Waals surface area contributed by atoms with E-state index in [1.807, 2.05) is 6.92 Å². The molecule has 0 aliphatic carbocycles. The van der Waals surface area contributed by atoms with Gasteiger partial charge in [-0.15, -0.1) is 0 Å². The molecule has 0 bridgehead atoms. The Morgan fingerprint density at radius 2 is 1.70 bits per heavy atom. The van der Waals surface area contributed by atoms with E-state index in [-0.39, 0.29) is 5.97 Å². The van der Waals surface area contributed by atoms with E-state index in [4.69, 9.17) is 9.47 Å². The maximum absolute atomic E-state index is 11.9. The zero-order valence-electron chi connectivity index (χ0n) is 13.0. The number of carbonyl (C=O) groups is 1. The number of hydrogen-bond donors (Lipinski definition) is 0. The van der Waals surface area contributed by atoms with Crippen LogP contribution < -0.4 is 0 Å². The molecule has 0 fully saturated rings. The summed E-state index contributed by atoms with van der Waals surface area (Å²) in [5.41, 5.74) is 0.863. The standard InChI is InChI=1S/C17H30O3/c1-2-20-17(18)16-12-8-6-4-3-5-7-10-14-19-15-11-9-13-16/h12H,2-11,13-15H2,1H3/b16-12-. The van der Waals surface area contributed by atoms with Crippen molar-refractivity contribution < 1.29 is 14.3 Å². The highest BCUT2D eigenvalue weighted by Crippen LogP contribution is 2.14. The predicted octanol–water partition coefficient (Wildman–Crippen LogP) is 4.41. The molecule has 0 spiro atoms. The fourth-order valence-corrected chi connectivity index (χ4v) is 2.46. The first-order chi connectivity index (χ1) is 9.84. The van der Waals surface area contributed by atoms with Crippen LogP contribution in [0.25, 0.3) is 0 Å². The third kappa shape index (κ3) is 8.36. The molecule has 0 radical (unpaired) electrons. The molecular formula is C17H30O3. The van der Waals surface area contributed by atoms with Crippen LogP contribution in [0, 0.1) is 0 Å². The first kappa shape index (κ1) is 17.2. The van der Waals surface area contributed by atoms with Crippen LogP contribution in [-0.2, 0) is 14.3 Å². The van der Waals surface area contributed by atoms with Gasteiger partial charge in [0.15, 0.2) is 0 Å².